The number of amides is 1. The Hall–Kier alpha value is -2.40. The molecule has 1 aliphatic rings. The minimum Gasteiger partial charge on any atom is -0.472 e. The first kappa shape index (κ1) is 15.5. The van der Waals surface area contributed by atoms with Gasteiger partial charge in [0.05, 0.1) is 18.8 Å². The molecule has 1 saturated heterocycles. The maximum atomic E-state index is 12.2. The van der Waals surface area contributed by atoms with E-state index in [1.165, 1.54) is 11.8 Å². The third-order valence-electron chi connectivity index (χ3n) is 3.79. The lowest BCUT2D eigenvalue weighted by Crippen LogP contribution is -2.17. The maximum Gasteiger partial charge on any atom is 0.257 e. The number of aryl methyl sites for hydroxylation is 1. The number of carbonyl (C=O) groups excluding carboxylic acids is 1. The summed E-state index contributed by atoms with van der Waals surface area (Å²) < 4.78 is 10.9. The molecule has 0 radical (unpaired) electrons. The smallest absolute Gasteiger partial charge is 0.257 e. The summed E-state index contributed by atoms with van der Waals surface area (Å²) >= 11 is 0. The van der Waals surface area contributed by atoms with Gasteiger partial charge in [0, 0.05) is 24.4 Å². The summed E-state index contributed by atoms with van der Waals surface area (Å²) in [5.41, 5.74) is 2.51. The molecular weight excluding hydrogens is 292 g/mol. The van der Waals surface area contributed by atoms with Gasteiger partial charge in [0.15, 0.2) is 0 Å². The number of hydrogen-bond donors (Lipinski definition) is 1. The van der Waals surface area contributed by atoms with Crippen molar-refractivity contribution in [1.82, 2.24) is 4.98 Å². The molecule has 23 heavy (non-hydrogen) atoms. The van der Waals surface area contributed by atoms with Crippen molar-refractivity contribution in [3.8, 4) is 5.88 Å². The third kappa shape index (κ3) is 4.07. The van der Waals surface area contributed by atoms with E-state index in [0.29, 0.717) is 18.1 Å². The fourth-order valence-corrected chi connectivity index (χ4v) is 2.39. The summed E-state index contributed by atoms with van der Waals surface area (Å²) in [4.78, 5) is 16.4. The molecule has 0 saturated carbocycles. The Bertz CT molecular complexity index is 647. The Morgan fingerprint density at radius 1 is 1.30 bits per heavy atom. The van der Waals surface area contributed by atoms with Gasteiger partial charge in [-0.3, -0.25) is 4.79 Å². The van der Waals surface area contributed by atoms with E-state index in [0.717, 1.165) is 25.1 Å². The molecule has 120 valence electrons. The minimum absolute atomic E-state index is 0.0549. The molecule has 3 rings (SSSR count). The van der Waals surface area contributed by atoms with Crippen molar-refractivity contribution in [2.24, 2.45) is 0 Å². The van der Waals surface area contributed by atoms with Crippen molar-refractivity contribution < 1.29 is 14.3 Å². The average Bonchev–Trinajstić information content (AvgIpc) is 3.09. The monoisotopic (exact) mass is 312 g/mol. The van der Waals surface area contributed by atoms with Gasteiger partial charge in [-0.1, -0.05) is 19.1 Å². The Balaban J connectivity index is 1.60. The predicted octanol–water partition coefficient (Wildman–Crippen LogP) is 3.06. The number of rotatable bonds is 5. The maximum absolute atomic E-state index is 12.2. The first-order valence-electron chi connectivity index (χ1n) is 7.85. The van der Waals surface area contributed by atoms with E-state index in [-0.39, 0.29) is 12.0 Å². The van der Waals surface area contributed by atoms with Crippen LogP contribution in [0.5, 0.6) is 5.88 Å². The zero-order valence-corrected chi connectivity index (χ0v) is 13.1. The average molecular weight is 312 g/mol. The van der Waals surface area contributed by atoms with Crippen molar-refractivity contribution in [1.29, 1.82) is 0 Å². The van der Waals surface area contributed by atoms with Gasteiger partial charge in [-0.25, -0.2) is 4.98 Å². The number of benzene rings is 1. The first-order chi connectivity index (χ1) is 11.2. The Morgan fingerprint density at radius 3 is 2.74 bits per heavy atom. The Morgan fingerprint density at radius 2 is 2.13 bits per heavy atom. The molecule has 0 spiro atoms. The lowest BCUT2D eigenvalue weighted by Gasteiger charge is -2.11. The molecule has 0 aliphatic carbocycles. The van der Waals surface area contributed by atoms with Crippen molar-refractivity contribution in [3.05, 3.63) is 53.7 Å². The largest absolute Gasteiger partial charge is 0.472 e. The van der Waals surface area contributed by atoms with Gasteiger partial charge in [0.1, 0.15) is 6.10 Å². The fraction of sp³-hybridized carbons (Fsp3) is 0.333. The van der Waals surface area contributed by atoms with E-state index < -0.39 is 0 Å². The zero-order valence-electron chi connectivity index (χ0n) is 13.1. The molecule has 1 aliphatic heterocycles. The highest BCUT2D eigenvalue weighted by molar-refractivity contribution is 6.04. The van der Waals surface area contributed by atoms with E-state index in [4.69, 9.17) is 9.47 Å². The van der Waals surface area contributed by atoms with Crippen molar-refractivity contribution in [3.63, 3.8) is 0 Å². The number of nitrogens with zero attached hydrogens (tertiary/aromatic N) is 1. The number of nitrogens with one attached hydrogen (secondary N) is 1. The predicted molar refractivity (Wildman–Crippen MR) is 87.9 cm³/mol. The summed E-state index contributed by atoms with van der Waals surface area (Å²) in [5, 5.41) is 2.86. The lowest BCUT2D eigenvalue weighted by molar-refractivity contribution is 0.102. The number of anilines is 1. The molecule has 1 aromatic carbocycles. The zero-order chi connectivity index (χ0) is 16.1. The van der Waals surface area contributed by atoms with Gasteiger partial charge in [0.2, 0.25) is 5.88 Å². The highest BCUT2D eigenvalue weighted by Crippen LogP contribution is 2.16. The fourth-order valence-electron chi connectivity index (χ4n) is 2.39. The van der Waals surface area contributed by atoms with Crippen LogP contribution < -0.4 is 10.1 Å². The number of aromatic nitrogens is 1. The van der Waals surface area contributed by atoms with Crippen molar-refractivity contribution in [2.75, 3.05) is 18.5 Å². The molecule has 5 heteroatoms. The van der Waals surface area contributed by atoms with E-state index in [9.17, 15) is 4.79 Å². The minimum atomic E-state index is -0.183. The molecule has 1 aromatic heterocycles. The highest BCUT2D eigenvalue weighted by Gasteiger charge is 2.17. The Kier molecular flexibility index (Phi) is 4.88. The van der Waals surface area contributed by atoms with Crippen LogP contribution in [0, 0.1) is 0 Å². The summed E-state index contributed by atoms with van der Waals surface area (Å²) in [7, 11) is 0. The van der Waals surface area contributed by atoms with Crippen molar-refractivity contribution >= 4 is 11.6 Å². The molecule has 1 N–H and O–H groups in total. The van der Waals surface area contributed by atoms with Crippen LogP contribution in [0.15, 0.2) is 42.6 Å². The quantitative estimate of drug-likeness (QED) is 0.922. The molecule has 0 bridgehead atoms. The summed E-state index contributed by atoms with van der Waals surface area (Å²) in [6.45, 7) is 3.42. The second-order valence-corrected chi connectivity index (χ2v) is 5.49. The normalized spacial score (nSPS) is 17.0. The van der Waals surface area contributed by atoms with Crippen LogP contribution in [0.4, 0.5) is 5.69 Å². The summed E-state index contributed by atoms with van der Waals surface area (Å²) in [6, 6.07) is 11.3. The van der Waals surface area contributed by atoms with E-state index in [1.807, 2.05) is 24.3 Å². The Labute approximate surface area is 135 Å². The van der Waals surface area contributed by atoms with Gasteiger partial charge < -0.3 is 14.8 Å². The number of pyridine rings is 1. The van der Waals surface area contributed by atoms with Crippen LogP contribution in [0.2, 0.25) is 0 Å². The van der Waals surface area contributed by atoms with Crippen LogP contribution in [0.25, 0.3) is 0 Å². The molecule has 1 atom stereocenters. The van der Waals surface area contributed by atoms with E-state index in [2.05, 4.69) is 17.2 Å². The van der Waals surface area contributed by atoms with Crippen LogP contribution in [-0.2, 0) is 11.2 Å². The van der Waals surface area contributed by atoms with Gasteiger partial charge in [-0.05, 0) is 30.2 Å². The van der Waals surface area contributed by atoms with Gasteiger partial charge >= 0.3 is 0 Å². The first-order valence-corrected chi connectivity index (χ1v) is 7.85. The summed E-state index contributed by atoms with van der Waals surface area (Å²) in [5.74, 6) is 0.335. The van der Waals surface area contributed by atoms with Crippen LogP contribution in [-0.4, -0.2) is 30.2 Å². The third-order valence-corrected chi connectivity index (χ3v) is 3.79. The topological polar surface area (TPSA) is 60.5 Å². The SMILES string of the molecule is CCc1ccc(NC(=O)c2ccc(OC3CCOC3)nc2)cc1. The standard InChI is InChI=1S/C18H20N2O3/c1-2-13-3-6-15(7-4-13)20-18(21)14-5-8-17(19-11-14)23-16-9-10-22-12-16/h3-8,11,16H,2,9-10,12H2,1H3,(H,20,21). The van der Waals surface area contributed by atoms with E-state index in [1.54, 1.807) is 12.1 Å². The lowest BCUT2D eigenvalue weighted by atomic mass is 10.1. The number of ether oxygens (including phenoxy) is 2. The highest BCUT2D eigenvalue weighted by atomic mass is 16.5. The molecular formula is C18H20N2O3. The molecule has 1 amide bonds. The number of hydrogen-bond acceptors (Lipinski definition) is 4. The van der Waals surface area contributed by atoms with Crippen LogP contribution in [0.3, 0.4) is 0 Å². The van der Waals surface area contributed by atoms with Crippen LogP contribution >= 0.6 is 0 Å². The van der Waals surface area contributed by atoms with Gasteiger partial charge in [-0.15, -0.1) is 0 Å². The molecule has 1 unspecified atom stereocenters. The second-order valence-electron chi connectivity index (χ2n) is 5.49. The second kappa shape index (κ2) is 7.24. The van der Waals surface area contributed by atoms with Gasteiger partial charge in [-0.2, -0.15) is 0 Å². The van der Waals surface area contributed by atoms with E-state index >= 15 is 0 Å². The van der Waals surface area contributed by atoms with Crippen molar-refractivity contribution in [2.45, 2.75) is 25.9 Å². The van der Waals surface area contributed by atoms with Gasteiger partial charge in [0.25, 0.3) is 5.91 Å². The van der Waals surface area contributed by atoms with Crippen LogP contribution in [0.1, 0.15) is 29.3 Å². The molecule has 1 fully saturated rings. The molecule has 2 heterocycles. The summed E-state index contributed by atoms with van der Waals surface area (Å²) in [6.07, 6.45) is 3.43. The molecule has 5 nitrogen and oxygen atoms in total. The molecule has 2 aromatic rings. The number of carbonyl (C=O) groups is 1.